The second-order valence-electron chi connectivity index (χ2n) is 5.26. The fraction of sp³-hybridized carbons (Fsp3) is 0.235. The van der Waals surface area contributed by atoms with Crippen LogP contribution >= 0.6 is 11.3 Å². The number of nitrogens with zero attached hydrogens (tertiary/aromatic N) is 4. The maximum Gasteiger partial charge on any atom is 0.276 e. The summed E-state index contributed by atoms with van der Waals surface area (Å²) in [5.74, 6) is -0.527. The van der Waals surface area contributed by atoms with Crippen LogP contribution in [-0.2, 0) is 13.1 Å². The normalized spacial score (nSPS) is 10.8. The monoisotopic (exact) mass is 344 g/mol. The van der Waals surface area contributed by atoms with Crippen molar-refractivity contribution in [3.63, 3.8) is 0 Å². The van der Waals surface area contributed by atoms with Gasteiger partial charge in [-0.2, -0.15) is 5.10 Å². The lowest BCUT2D eigenvalue weighted by Gasteiger charge is -2.22. The van der Waals surface area contributed by atoms with Crippen molar-refractivity contribution in [1.29, 1.82) is 0 Å². The number of carbonyl (C=O) groups is 1. The van der Waals surface area contributed by atoms with Gasteiger partial charge in [0.2, 0.25) is 0 Å². The summed E-state index contributed by atoms with van der Waals surface area (Å²) >= 11 is 1.53. The minimum atomic E-state index is -0.339. The number of carbonyl (C=O) groups excluding carboxylic acids is 1. The molecule has 3 rings (SSSR count). The van der Waals surface area contributed by atoms with Crippen molar-refractivity contribution in [1.82, 2.24) is 14.8 Å². The lowest BCUT2D eigenvalue weighted by molar-refractivity contribution is 0.0974. The van der Waals surface area contributed by atoms with Crippen LogP contribution in [0.5, 0.6) is 0 Å². The minimum absolute atomic E-state index is 0.188. The molecule has 1 aromatic carbocycles. The van der Waals surface area contributed by atoms with Crippen LogP contribution in [0.25, 0.3) is 0 Å². The molecule has 7 heteroatoms. The summed E-state index contributed by atoms with van der Waals surface area (Å²) in [6.07, 6.45) is 1.60. The van der Waals surface area contributed by atoms with Gasteiger partial charge in [-0.3, -0.25) is 9.48 Å². The number of amides is 1. The van der Waals surface area contributed by atoms with Crippen LogP contribution in [0.2, 0.25) is 0 Å². The zero-order valence-electron chi connectivity index (χ0n) is 13.4. The van der Waals surface area contributed by atoms with Gasteiger partial charge in [-0.1, -0.05) is 0 Å². The second kappa shape index (κ2) is 6.92. The van der Waals surface area contributed by atoms with E-state index in [0.717, 1.165) is 10.7 Å². The number of hydrogen-bond donors (Lipinski definition) is 0. The highest BCUT2D eigenvalue weighted by Gasteiger charge is 2.22. The topological polar surface area (TPSA) is 51.0 Å². The van der Waals surface area contributed by atoms with Gasteiger partial charge in [0.05, 0.1) is 17.2 Å². The molecule has 0 aliphatic heterocycles. The van der Waals surface area contributed by atoms with E-state index in [1.807, 2.05) is 19.2 Å². The van der Waals surface area contributed by atoms with Crippen molar-refractivity contribution >= 4 is 22.9 Å². The molecule has 24 heavy (non-hydrogen) atoms. The Balaban J connectivity index is 1.97. The minimum Gasteiger partial charge on any atom is -0.301 e. The highest BCUT2D eigenvalue weighted by Crippen LogP contribution is 2.21. The van der Waals surface area contributed by atoms with Crippen LogP contribution in [0.15, 0.2) is 41.9 Å². The molecular weight excluding hydrogens is 327 g/mol. The van der Waals surface area contributed by atoms with E-state index in [1.54, 1.807) is 34.0 Å². The third-order valence-electron chi connectivity index (χ3n) is 3.61. The second-order valence-corrected chi connectivity index (χ2v) is 6.32. The Kier molecular flexibility index (Phi) is 4.71. The zero-order chi connectivity index (χ0) is 17.1. The third kappa shape index (κ3) is 3.35. The van der Waals surface area contributed by atoms with Crippen molar-refractivity contribution in [3.05, 3.63) is 64.1 Å². The lowest BCUT2D eigenvalue weighted by atomic mass is 10.2. The van der Waals surface area contributed by atoms with Gasteiger partial charge < -0.3 is 4.90 Å². The molecule has 0 saturated heterocycles. The van der Waals surface area contributed by atoms with Gasteiger partial charge in [0, 0.05) is 23.8 Å². The number of aromatic nitrogens is 3. The summed E-state index contributed by atoms with van der Waals surface area (Å²) in [7, 11) is 0. The van der Waals surface area contributed by atoms with E-state index in [-0.39, 0.29) is 11.7 Å². The Labute approximate surface area is 143 Å². The average molecular weight is 344 g/mol. The molecule has 0 bridgehead atoms. The SMILES string of the molecule is CCn1nccc1C(=O)N(Cc1csc(C)n1)c1ccc(F)cc1. The summed E-state index contributed by atoms with van der Waals surface area (Å²) in [5.41, 5.74) is 1.92. The Hall–Kier alpha value is -2.54. The Morgan fingerprint density at radius 2 is 2.04 bits per heavy atom. The number of aryl methyl sites for hydroxylation is 2. The van der Waals surface area contributed by atoms with Gasteiger partial charge in [0.25, 0.3) is 5.91 Å². The summed E-state index contributed by atoms with van der Waals surface area (Å²) in [6, 6.07) is 7.57. The van der Waals surface area contributed by atoms with Crippen LogP contribution in [0.4, 0.5) is 10.1 Å². The van der Waals surface area contributed by atoms with E-state index < -0.39 is 0 Å². The molecule has 0 radical (unpaired) electrons. The molecule has 0 aliphatic rings. The molecule has 0 N–H and O–H groups in total. The Morgan fingerprint density at radius 3 is 2.67 bits per heavy atom. The van der Waals surface area contributed by atoms with E-state index in [0.29, 0.717) is 24.5 Å². The molecule has 124 valence electrons. The molecule has 0 aliphatic carbocycles. The predicted octanol–water partition coefficient (Wildman–Crippen LogP) is 3.65. The number of hydrogen-bond acceptors (Lipinski definition) is 4. The first-order chi connectivity index (χ1) is 11.6. The quantitative estimate of drug-likeness (QED) is 0.710. The molecule has 3 aromatic rings. The summed E-state index contributed by atoms with van der Waals surface area (Å²) in [6.45, 7) is 4.77. The van der Waals surface area contributed by atoms with E-state index in [4.69, 9.17) is 0 Å². The average Bonchev–Trinajstić information content (AvgIpc) is 3.21. The molecule has 5 nitrogen and oxygen atoms in total. The molecule has 1 amide bonds. The fourth-order valence-electron chi connectivity index (χ4n) is 2.45. The molecule has 0 unspecified atom stereocenters. The van der Waals surface area contributed by atoms with E-state index in [2.05, 4.69) is 10.1 Å². The van der Waals surface area contributed by atoms with Gasteiger partial charge >= 0.3 is 0 Å². The standard InChI is InChI=1S/C17H17FN4OS/c1-3-22-16(8-9-19-22)17(23)21(10-14-11-24-12(2)20-14)15-6-4-13(18)5-7-15/h4-9,11H,3,10H2,1-2H3. The van der Waals surface area contributed by atoms with E-state index >= 15 is 0 Å². The van der Waals surface area contributed by atoms with Gasteiger partial charge in [0.15, 0.2) is 0 Å². The van der Waals surface area contributed by atoms with E-state index in [1.165, 1.54) is 23.5 Å². The third-order valence-corrected chi connectivity index (χ3v) is 4.43. The predicted molar refractivity (Wildman–Crippen MR) is 91.7 cm³/mol. The molecular formula is C17H17FN4OS. The number of halogens is 1. The molecule has 0 atom stereocenters. The van der Waals surface area contributed by atoms with Crippen LogP contribution < -0.4 is 4.90 Å². The smallest absolute Gasteiger partial charge is 0.276 e. The first-order valence-corrected chi connectivity index (χ1v) is 8.46. The van der Waals surface area contributed by atoms with Crippen molar-refractivity contribution in [2.45, 2.75) is 26.9 Å². The highest BCUT2D eigenvalue weighted by atomic mass is 32.1. The Bertz CT molecular complexity index is 840. The first-order valence-electron chi connectivity index (χ1n) is 7.58. The number of thiazole rings is 1. The molecule has 0 spiro atoms. The van der Waals surface area contributed by atoms with Crippen LogP contribution in [0.1, 0.15) is 28.1 Å². The Morgan fingerprint density at radius 1 is 1.29 bits per heavy atom. The van der Waals surface area contributed by atoms with Gasteiger partial charge in [-0.05, 0) is 44.2 Å². The van der Waals surface area contributed by atoms with Crippen LogP contribution in [0.3, 0.4) is 0 Å². The lowest BCUT2D eigenvalue weighted by Crippen LogP contribution is -2.32. The molecule has 0 saturated carbocycles. The zero-order valence-corrected chi connectivity index (χ0v) is 14.3. The largest absolute Gasteiger partial charge is 0.301 e. The van der Waals surface area contributed by atoms with Crippen LogP contribution in [0, 0.1) is 12.7 Å². The molecule has 2 aromatic heterocycles. The molecule has 2 heterocycles. The molecule has 0 fully saturated rings. The maximum absolute atomic E-state index is 13.2. The summed E-state index contributed by atoms with van der Waals surface area (Å²) < 4.78 is 14.9. The van der Waals surface area contributed by atoms with Crippen LogP contribution in [-0.4, -0.2) is 20.7 Å². The first kappa shape index (κ1) is 16.3. The fourth-order valence-corrected chi connectivity index (χ4v) is 3.05. The summed E-state index contributed by atoms with van der Waals surface area (Å²) in [4.78, 5) is 19.1. The van der Waals surface area contributed by atoms with Gasteiger partial charge in [-0.15, -0.1) is 11.3 Å². The van der Waals surface area contributed by atoms with Crippen molar-refractivity contribution in [2.24, 2.45) is 0 Å². The van der Waals surface area contributed by atoms with Crippen molar-refractivity contribution in [3.8, 4) is 0 Å². The number of benzene rings is 1. The van der Waals surface area contributed by atoms with Crippen molar-refractivity contribution in [2.75, 3.05) is 4.90 Å². The number of rotatable bonds is 5. The van der Waals surface area contributed by atoms with Gasteiger partial charge in [0.1, 0.15) is 11.5 Å². The maximum atomic E-state index is 13.2. The summed E-state index contributed by atoms with van der Waals surface area (Å²) in [5, 5.41) is 7.02. The van der Waals surface area contributed by atoms with Crippen molar-refractivity contribution < 1.29 is 9.18 Å². The number of anilines is 1. The van der Waals surface area contributed by atoms with E-state index in [9.17, 15) is 9.18 Å². The highest BCUT2D eigenvalue weighted by molar-refractivity contribution is 7.09. The van der Waals surface area contributed by atoms with Gasteiger partial charge in [-0.25, -0.2) is 9.37 Å².